The van der Waals surface area contributed by atoms with E-state index in [1.165, 1.54) is 24.3 Å². The topological polar surface area (TPSA) is 84.9 Å². The van der Waals surface area contributed by atoms with E-state index in [-0.39, 0.29) is 29.2 Å². The Balaban J connectivity index is 1.57. The zero-order chi connectivity index (χ0) is 23.8. The molecule has 8 heteroatoms. The van der Waals surface area contributed by atoms with Gasteiger partial charge in [-0.3, -0.25) is 4.79 Å². The molecule has 34 heavy (non-hydrogen) atoms. The molecule has 1 amide bonds. The van der Waals surface area contributed by atoms with Crippen molar-refractivity contribution in [2.75, 3.05) is 12.4 Å². The van der Waals surface area contributed by atoms with E-state index in [4.69, 9.17) is 9.47 Å². The van der Waals surface area contributed by atoms with Crippen molar-refractivity contribution < 1.29 is 28.6 Å². The van der Waals surface area contributed by atoms with E-state index in [9.17, 15) is 19.1 Å². The van der Waals surface area contributed by atoms with Crippen molar-refractivity contribution >= 4 is 28.9 Å². The molecule has 0 radical (unpaired) electrons. The fraction of sp³-hybridized carbons (Fsp3) is 0.308. The van der Waals surface area contributed by atoms with E-state index in [0.717, 1.165) is 47.5 Å². The molecule has 1 atom stereocenters. The summed E-state index contributed by atoms with van der Waals surface area (Å²) in [5.74, 6) is -0.798. The number of carboxylic acids is 1. The molecular formula is C26H24FNO5S. The van der Waals surface area contributed by atoms with Gasteiger partial charge in [-0.1, -0.05) is 18.2 Å². The van der Waals surface area contributed by atoms with Crippen molar-refractivity contribution in [1.29, 1.82) is 0 Å². The van der Waals surface area contributed by atoms with Gasteiger partial charge in [0.1, 0.15) is 10.7 Å². The van der Waals surface area contributed by atoms with Crippen LogP contribution in [0.2, 0.25) is 0 Å². The zero-order valence-corrected chi connectivity index (χ0v) is 19.4. The lowest BCUT2D eigenvalue weighted by atomic mass is 9.88. The molecule has 1 aliphatic heterocycles. The molecular weight excluding hydrogens is 457 g/mol. The van der Waals surface area contributed by atoms with E-state index in [2.05, 4.69) is 5.32 Å². The fourth-order valence-corrected chi connectivity index (χ4v) is 6.03. The first kappa shape index (κ1) is 22.4. The van der Waals surface area contributed by atoms with Gasteiger partial charge in [-0.2, -0.15) is 0 Å². The summed E-state index contributed by atoms with van der Waals surface area (Å²) in [5.41, 5.74) is 2.25. The van der Waals surface area contributed by atoms with Crippen LogP contribution in [-0.2, 0) is 4.79 Å². The average molecular weight is 482 g/mol. The number of aromatic carboxylic acids is 1. The normalized spacial score (nSPS) is 17.8. The second-order valence-corrected chi connectivity index (χ2v) is 9.65. The number of hydrogen-bond acceptors (Lipinski definition) is 5. The van der Waals surface area contributed by atoms with Gasteiger partial charge >= 0.3 is 5.97 Å². The predicted molar refractivity (Wildman–Crippen MR) is 128 cm³/mol. The third-order valence-electron chi connectivity index (χ3n) is 6.42. The van der Waals surface area contributed by atoms with Crippen molar-refractivity contribution in [3.63, 3.8) is 0 Å². The van der Waals surface area contributed by atoms with Gasteiger partial charge in [0.25, 0.3) is 0 Å². The molecule has 2 N–H and O–H groups in total. The summed E-state index contributed by atoms with van der Waals surface area (Å²) >= 11 is 1.14. The minimum absolute atomic E-state index is 0.108. The highest BCUT2D eigenvalue weighted by Gasteiger charge is 2.35. The number of ether oxygens (including phenoxy) is 2. The van der Waals surface area contributed by atoms with Crippen LogP contribution in [0.5, 0.6) is 11.5 Å². The van der Waals surface area contributed by atoms with E-state index in [1.807, 2.05) is 18.2 Å². The molecule has 0 unspecified atom stereocenters. The van der Waals surface area contributed by atoms with E-state index in [1.54, 1.807) is 7.11 Å². The lowest BCUT2D eigenvalue weighted by Crippen LogP contribution is -2.22. The van der Waals surface area contributed by atoms with E-state index in [0.29, 0.717) is 28.3 Å². The van der Waals surface area contributed by atoms with Gasteiger partial charge in [-0.15, -0.1) is 11.3 Å². The quantitative estimate of drug-likeness (QED) is 0.447. The average Bonchev–Trinajstić information content (AvgIpc) is 3.47. The van der Waals surface area contributed by atoms with Crippen LogP contribution in [0.1, 0.15) is 58.1 Å². The monoisotopic (exact) mass is 481 g/mol. The van der Waals surface area contributed by atoms with Crippen molar-refractivity contribution in [2.24, 2.45) is 0 Å². The second kappa shape index (κ2) is 9.10. The third kappa shape index (κ3) is 4.14. The number of rotatable bonds is 6. The third-order valence-corrected chi connectivity index (χ3v) is 7.71. The predicted octanol–water partition coefficient (Wildman–Crippen LogP) is 6.06. The molecule has 3 aromatic rings. The summed E-state index contributed by atoms with van der Waals surface area (Å²) in [6, 6.07) is 11.3. The largest absolute Gasteiger partial charge is 0.493 e. The highest BCUT2D eigenvalue weighted by Crippen LogP contribution is 2.50. The maximum absolute atomic E-state index is 13.5. The molecule has 1 fully saturated rings. The molecule has 0 bridgehead atoms. The number of fused-ring (bicyclic) bond motifs is 1. The summed E-state index contributed by atoms with van der Waals surface area (Å²) in [6.45, 7) is 0. The van der Waals surface area contributed by atoms with Gasteiger partial charge in [-0.25, -0.2) is 9.18 Å². The van der Waals surface area contributed by atoms with Crippen molar-refractivity contribution in [3.05, 3.63) is 63.6 Å². The molecule has 0 saturated heterocycles. The SMILES string of the molecule is COc1cc([C@@H]2CC(=O)Nc3c2sc(C(=O)O)c3-c2ccc(F)cc2)ccc1OC1CCCC1. The van der Waals surface area contributed by atoms with Crippen LogP contribution in [0.3, 0.4) is 0 Å². The van der Waals surface area contributed by atoms with Gasteiger partial charge in [0.05, 0.1) is 18.9 Å². The molecule has 1 aromatic heterocycles. The Bertz CT molecular complexity index is 1250. The minimum Gasteiger partial charge on any atom is -0.493 e. The van der Waals surface area contributed by atoms with Crippen molar-refractivity contribution in [1.82, 2.24) is 0 Å². The summed E-state index contributed by atoms with van der Waals surface area (Å²) in [5, 5.41) is 12.8. The van der Waals surface area contributed by atoms with Gasteiger partial charge in [-0.05, 0) is 61.1 Å². The molecule has 176 valence electrons. The van der Waals surface area contributed by atoms with Crippen LogP contribution in [0, 0.1) is 5.82 Å². The molecule has 2 aromatic carbocycles. The Morgan fingerprint density at radius 2 is 1.85 bits per heavy atom. The molecule has 2 heterocycles. The maximum Gasteiger partial charge on any atom is 0.346 e. The molecule has 0 spiro atoms. The van der Waals surface area contributed by atoms with E-state index >= 15 is 0 Å². The summed E-state index contributed by atoms with van der Waals surface area (Å²) in [4.78, 5) is 25.7. The molecule has 2 aliphatic rings. The number of carbonyl (C=O) groups excluding carboxylic acids is 1. The number of thiophene rings is 1. The standard InChI is InChI=1S/C26H24FNO5S/c1-32-20-12-15(8-11-19(20)33-17-4-2-3-5-17)18-13-21(29)28-23-22(14-6-9-16(27)10-7-14)25(26(30)31)34-24(18)23/h6-12,17-18H,2-5,13H2,1H3,(H,28,29)(H,30,31)/t18-/m0/s1. The fourth-order valence-electron chi connectivity index (χ4n) is 4.78. The maximum atomic E-state index is 13.5. The zero-order valence-electron chi connectivity index (χ0n) is 18.6. The number of amides is 1. The number of carbonyl (C=O) groups is 2. The van der Waals surface area contributed by atoms with Crippen LogP contribution in [0.4, 0.5) is 10.1 Å². The van der Waals surface area contributed by atoms with Gasteiger partial charge in [0.2, 0.25) is 5.91 Å². The number of methoxy groups -OCH3 is 1. The Hall–Kier alpha value is -3.39. The second-order valence-electron chi connectivity index (χ2n) is 8.60. The van der Waals surface area contributed by atoms with Crippen LogP contribution >= 0.6 is 11.3 Å². The molecule has 1 saturated carbocycles. The highest BCUT2D eigenvalue weighted by atomic mass is 32.1. The van der Waals surface area contributed by atoms with Crippen molar-refractivity contribution in [3.8, 4) is 22.6 Å². The highest BCUT2D eigenvalue weighted by molar-refractivity contribution is 7.15. The first-order chi connectivity index (χ1) is 16.4. The summed E-state index contributed by atoms with van der Waals surface area (Å²) in [6.07, 6.45) is 4.73. The first-order valence-electron chi connectivity index (χ1n) is 11.2. The lowest BCUT2D eigenvalue weighted by molar-refractivity contribution is -0.116. The van der Waals surface area contributed by atoms with Crippen LogP contribution in [-0.4, -0.2) is 30.2 Å². The Kier molecular flexibility index (Phi) is 6.00. The lowest BCUT2D eigenvalue weighted by Gasteiger charge is -2.25. The van der Waals surface area contributed by atoms with Crippen LogP contribution in [0.25, 0.3) is 11.1 Å². The number of halogens is 1. The number of anilines is 1. The molecule has 5 rings (SSSR count). The Morgan fingerprint density at radius 3 is 2.53 bits per heavy atom. The number of hydrogen-bond donors (Lipinski definition) is 2. The summed E-state index contributed by atoms with van der Waals surface area (Å²) < 4.78 is 25.2. The molecule has 6 nitrogen and oxygen atoms in total. The number of benzene rings is 2. The van der Waals surface area contributed by atoms with Gasteiger partial charge in [0.15, 0.2) is 11.5 Å². The summed E-state index contributed by atoms with van der Waals surface area (Å²) in [7, 11) is 1.58. The van der Waals surface area contributed by atoms with Crippen LogP contribution in [0.15, 0.2) is 42.5 Å². The first-order valence-corrected chi connectivity index (χ1v) is 12.1. The Morgan fingerprint density at radius 1 is 1.12 bits per heavy atom. The van der Waals surface area contributed by atoms with Gasteiger partial charge < -0.3 is 19.9 Å². The number of carboxylic acid groups (broad SMARTS) is 1. The van der Waals surface area contributed by atoms with Gasteiger partial charge in [0, 0.05) is 22.8 Å². The molecule has 1 aliphatic carbocycles. The van der Waals surface area contributed by atoms with Crippen LogP contribution < -0.4 is 14.8 Å². The van der Waals surface area contributed by atoms with E-state index < -0.39 is 11.8 Å². The minimum atomic E-state index is -1.09. The Labute approximate surface area is 200 Å². The smallest absolute Gasteiger partial charge is 0.346 e. The number of nitrogens with one attached hydrogen (secondary N) is 1. The van der Waals surface area contributed by atoms with Crippen molar-refractivity contribution in [2.45, 2.75) is 44.1 Å².